The van der Waals surface area contributed by atoms with Crippen LogP contribution >= 0.6 is 0 Å². The number of fused-ring (bicyclic) bond motifs is 1. The smallest absolute Gasteiger partial charge is 0.190 e. The fraction of sp³-hybridized carbons (Fsp3) is 0.889. The maximum atomic E-state index is 6.20. The summed E-state index contributed by atoms with van der Waals surface area (Å²) in [5.74, 6) is -1.24. The molecule has 0 N–H and O–H groups in total. The minimum Gasteiger partial charge on any atom is -0.368 e. The predicted octanol–water partition coefficient (Wildman–Crippen LogP) is 2.76. The fourth-order valence-corrected chi connectivity index (χ4v) is 3.58. The molecule has 138 valence electrons. The molecule has 0 bridgehead atoms. The summed E-state index contributed by atoms with van der Waals surface area (Å²) in [7, 11) is 0. The van der Waals surface area contributed by atoms with Crippen LogP contribution in [0.1, 0.15) is 47.0 Å². The summed E-state index contributed by atoms with van der Waals surface area (Å²) in [5, 5.41) is 0. The SMILES string of the molecule is C=CCOC1C2OC(C)(C)OC2OC12COC(C)(CCCC)OC2. The van der Waals surface area contributed by atoms with Crippen molar-refractivity contribution in [3.05, 3.63) is 12.7 Å². The number of hydrogen-bond donors (Lipinski definition) is 0. The number of rotatable bonds is 6. The lowest BCUT2D eigenvalue weighted by Gasteiger charge is -2.45. The highest BCUT2D eigenvalue weighted by atomic mass is 16.9. The van der Waals surface area contributed by atoms with Crippen molar-refractivity contribution in [2.45, 2.75) is 82.6 Å². The zero-order chi connectivity index (χ0) is 17.4. The van der Waals surface area contributed by atoms with Gasteiger partial charge in [0, 0.05) is 6.42 Å². The molecule has 0 aromatic heterocycles. The molecule has 6 heteroatoms. The third-order valence-electron chi connectivity index (χ3n) is 4.88. The lowest BCUT2D eigenvalue weighted by molar-refractivity contribution is -0.347. The number of hydrogen-bond acceptors (Lipinski definition) is 6. The molecule has 0 saturated carbocycles. The molecule has 3 fully saturated rings. The first-order valence-electron chi connectivity index (χ1n) is 8.87. The summed E-state index contributed by atoms with van der Waals surface area (Å²) >= 11 is 0. The predicted molar refractivity (Wildman–Crippen MR) is 87.4 cm³/mol. The van der Waals surface area contributed by atoms with Gasteiger partial charge in [-0.05, 0) is 27.2 Å². The molecule has 0 aliphatic carbocycles. The highest BCUT2D eigenvalue weighted by molar-refractivity contribution is 5.06. The topological polar surface area (TPSA) is 55.4 Å². The van der Waals surface area contributed by atoms with E-state index in [-0.39, 0.29) is 12.2 Å². The Hall–Kier alpha value is -0.500. The second kappa shape index (κ2) is 6.67. The molecule has 0 radical (unpaired) electrons. The molecule has 3 atom stereocenters. The highest BCUT2D eigenvalue weighted by Crippen LogP contribution is 2.46. The summed E-state index contributed by atoms with van der Waals surface area (Å²) < 4.78 is 36.2. The summed E-state index contributed by atoms with van der Waals surface area (Å²) in [4.78, 5) is 0. The normalized spacial score (nSPS) is 43.9. The molecule has 1 spiro atoms. The Bertz CT molecular complexity index is 454. The van der Waals surface area contributed by atoms with Gasteiger partial charge in [0.05, 0.1) is 19.8 Å². The molecule has 24 heavy (non-hydrogen) atoms. The average molecular weight is 342 g/mol. The quantitative estimate of drug-likeness (QED) is 0.692. The minimum atomic E-state index is -0.708. The van der Waals surface area contributed by atoms with Gasteiger partial charge in [-0.1, -0.05) is 19.4 Å². The van der Waals surface area contributed by atoms with E-state index in [1.54, 1.807) is 6.08 Å². The number of unbranched alkanes of at least 4 members (excludes halogenated alkanes) is 1. The van der Waals surface area contributed by atoms with E-state index in [0.717, 1.165) is 19.3 Å². The zero-order valence-corrected chi connectivity index (χ0v) is 15.2. The van der Waals surface area contributed by atoms with Crippen LogP contribution < -0.4 is 0 Å². The third kappa shape index (κ3) is 3.41. The molecule has 3 rings (SSSR count). The molecule has 3 unspecified atom stereocenters. The largest absolute Gasteiger partial charge is 0.368 e. The standard InChI is InChI=1S/C18H30O6/c1-6-8-9-17(5)20-11-18(12-21-17)14(19-10-7-2)13-15(24-18)23-16(3,4)22-13/h7,13-15H,2,6,8-12H2,1,3-5H3. The van der Waals surface area contributed by atoms with Crippen molar-refractivity contribution in [3.8, 4) is 0 Å². The first-order chi connectivity index (χ1) is 11.3. The van der Waals surface area contributed by atoms with Crippen molar-refractivity contribution in [2.24, 2.45) is 0 Å². The van der Waals surface area contributed by atoms with E-state index >= 15 is 0 Å². The van der Waals surface area contributed by atoms with Crippen LogP contribution in [0.25, 0.3) is 0 Å². The fourth-order valence-electron chi connectivity index (χ4n) is 3.58. The molecule has 0 aromatic rings. The Balaban J connectivity index is 1.72. The first kappa shape index (κ1) is 18.3. The van der Waals surface area contributed by atoms with Crippen LogP contribution in [0.4, 0.5) is 0 Å². The Labute approximate surface area is 144 Å². The van der Waals surface area contributed by atoms with E-state index in [0.29, 0.717) is 19.8 Å². The second-order valence-corrected chi connectivity index (χ2v) is 7.51. The molecule has 3 aliphatic heterocycles. The minimum absolute atomic E-state index is 0.299. The van der Waals surface area contributed by atoms with E-state index in [2.05, 4.69) is 13.5 Å². The van der Waals surface area contributed by atoms with Crippen LogP contribution in [0.2, 0.25) is 0 Å². The Morgan fingerprint density at radius 2 is 1.83 bits per heavy atom. The van der Waals surface area contributed by atoms with Crippen molar-refractivity contribution < 1.29 is 28.4 Å². The summed E-state index contributed by atoms with van der Waals surface area (Å²) in [5.41, 5.74) is -0.708. The van der Waals surface area contributed by atoms with Crippen molar-refractivity contribution in [2.75, 3.05) is 19.8 Å². The van der Waals surface area contributed by atoms with Gasteiger partial charge in [0.15, 0.2) is 17.9 Å². The lowest BCUT2D eigenvalue weighted by Crippen LogP contribution is -2.59. The van der Waals surface area contributed by atoms with E-state index in [1.165, 1.54) is 0 Å². The van der Waals surface area contributed by atoms with Gasteiger partial charge >= 0.3 is 0 Å². The van der Waals surface area contributed by atoms with Gasteiger partial charge in [-0.3, -0.25) is 0 Å². The molecule has 0 aromatic carbocycles. The van der Waals surface area contributed by atoms with Gasteiger partial charge in [0.25, 0.3) is 0 Å². The van der Waals surface area contributed by atoms with Gasteiger partial charge in [0.1, 0.15) is 17.8 Å². The first-order valence-corrected chi connectivity index (χ1v) is 8.87. The maximum Gasteiger partial charge on any atom is 0.190 e. The van der Waals surface area contributed by atoms with Crippen LogP contribution in [-0.4, -0.2) is 55.5 Å². The Kier molecular flexibility index (Phi) is 5.08. The molecule has 6 nitrogen and oxygen atoms in total. The third-order valence-corrected chi connectivity index (χ3v) is 4.88. The van der Waals surface area contributed by atoms with E-state index in [4.69, 9.17) is 28.4 Å². The summed E-state index contributed by atoms with van der Waals surface area (Å²) in [6.45, 7) is 12.8. The van der Waals surface area contributed by atoms with Gasteiger partial charge < -0.3 is 28.4 Å². The molecule has 3 aliphatic rings. The van der Waals surface area contributed by atoms with Gasteiger partial charge in [-0.25, -0.2) is 0 Å². The van der Waals surface area contributed by atoms with E-state index in [9.17, 15) is 0 Å². The molecule has 0 amide bonds. The van der Waals surface area contributed by atoms with Crippen molar-refractivity contribution in [1.29, 1.82) is 0 Å². The molecule has 3 saturated heterocycles. The van der Waals surface area contributed by atoms with Gasteiger partial charge in [0.2, 0.25) is 0 Å². The van der Waals surface area contributed by atoms with Gasteiger partial charge in [-0.15, -0.1) is 6.58 Å². The van der Waals surface area contributed by atoms with Crippen LogP contribution in [0.15, 0.2) is 12.7 Å². The van der Waals surface area contributed by atoms with Crippen LogP contribution in [0, 0.1) is 0 Å². The zero-order valence-electron chi connectivity index (χ0n) is 15.2. The molecular formula is C18H30O6. The van der Waals surface area contributed by atoms with Gasteiger partial charge in [-0.2, -0.15) is 0 Å². The van der Waals surface area contributed by atoms with Crippen LogP contribution in [0.3, 0.4) is 0 Å². The monoisotopic (exact) mass is 342 g/mol. The highest BCUT2D eigenvalue weighted by Gasteiger charge is 2.64. The van der Waals surface area contributed by atoms with Crippen LogP contribution in [-0.2, 0) is 28.4 Å². The van der Waals surface area contributed by atoms with E-state index in [1.807, 2.05) is 20.8 Å². The van der Waals surface area contributed by atoms with E-state index < -0.39 is 23.5 Å². The average Bonchev–Trinajstić information content (AvgIpc) is 2.96. The van der Waals surface area contributed by atoms with Crippen molar-refractivity contribution >= 4 is 0 Å². The summed E-state index contributed by atoms with van der Waals surface area (Å²) in [6.07, 6.45) is 3.66. The number of ether oxygens (including phenoxy) is 6. The van der Waals surface area contributed by atoms with Crippen LogP contribution in [0.5, 0.6) is 0 Å². The van der Waals surface area contributed by atoms with Crippen molar-refractivity contribution in [1.82, 2.24) is 0 Å². The molecular weight excluding hydrogens is 312 g/mol. The lowest BCUT2D eigenvalue weighted by atomic mass is 9.94. The maximum absolute atomic E-state index is 6.20. The Morgan fingerprint density at radius 1 is 1.12 bits per heavy atom. The second-order valence-electron chi connectivity index (χ2n) is 7.51. The molecule has 3 heterocycles. The summed E-state index contributed by atoms with van der Waals surface area (Å²) in [6, 6.07) is 0. The Morgan fingerprint density at radius 3 is 2.46 bits per heavy atom. The van der Waals surface area contributed by atoms with Crippen molar-refractivity contribution in [3.63, 3.8) is 0 Å².